The third kappa shape index (κ3) is 3.22. The Hall–Kier alpha value is -2.63. The Bertz CT molecular complexity index is 868. The van der Waals surface area contributed by atoms with Crippen LogP contribution in [0.25, 0.3) is 0 Å². The van der Waals surface area contributed by atoms with Gasteiger partial charge in [-0.3, -0.25) is 14.6 Å². The minimum absolute atomic E-state index is 0.0796. The molecule has 1 atom stereocenters. The van der Waals surface area contributed by atoms with Crippen LogP contribution in [-0.4, -0.2) is 31.8 Å². The smallest absolute Gasteiger partial charge is 0.317 e. The van der Waals surface area contributed by atoms with Gasteiger partial charge < -0.3 is 5.11 Å². The van der Waals surface area contributed by atoms with Crippen molar-refractivity contribution in [2.45, 2.75) is 51.4 Å². The molecule has 4 saturated carbocycles. The number of carboxylic acids is 1. The van der Waals surface area contributed by atoms with Gasteiger partial charge in [0.05, 0.1) is 0 Å². The molecule has 0 amide bonds. The van der Waals surface area contributed by atoms with Crippen molar-refractivity contribution in [2.75, 3.05) is 0 Å². The maximum Gasteiger partial charge on any atom is 0.317 e. The molecule has 6 heteroatoms. The van der Waals surface area contributed by atoms with Gasteiger partial charge >= 0.3 is 5.97 Å². The molecule has 0 aliphatic heterocycles. The summed E-state index contributed by atoms with van der Waals surface area (Å²) in [6, 6.07) is 5.37. The normalized spacial score (nSPS) is 31.3. The molecule has 4 fully saturated rings. The number of nitrogens with zero attached hydrogens (tertiary/aromatic N) is 3. The maximum atomic E-state index is 14.3. The van der Waals surface area contributed by atoms with Crippen LogP contribution in [0.15, 0.2) is 43.1 Å². The molecule has 1 N–H and O–H groups in total. The molecule has 2 aromatic rings. The number of rotatable bonds is 7. The van der Waals surface area contributed by atoms with Crippen LogP contribution in [-0.2, 0) is 22.4 Å². The van der Waals surface area contributed by atoms with E-state index in [4.69, 9.17) is 0 Å². The van der Waals surface area contributed by atoms with Gasteiger partial charge in [0.25, 0.3) is 0 Å². The predicted molar refractivity (Wildman–Crippen MR) is 109 cm³/mol. The number of ketones is 1. The fraction of sp³-hybridized carbons (Fsp3) is 0.542. The first kappa shape index (κ1) is 19.3. The molecule has 156 valence electrons. The van der Waals surface area contributed by atoms with Gasteiger partial charge in [0.2, 0.25) is 0 Å². The first-order valence-corrected chi connectivity index (χ1v) is 10.9. The van der Waals surface area contributed by atoms with Crippen molar-refractivity contribution in [3.8, 4) is 0 Å². The van der Waals surface area contributed by atoms with Crippen LogP contribution >= 0.6 is 0 Å². The van der Waals surface area contributed by atoms with E-state index in [1.165, 1.54) is 25.6 Å². The Morgan fingerprint density at radius 1 is 1.00 bits per heavy atom. The van der Waals surface area contributed by atoms with Crippen molar-refractivity contribution in [1.82, 2.24) is 15.0 Å². The zero-order valence-corrected chi connectivity index (χ0v) is 17.0. The van der Waals surface area contributed by atoms with Crippen molar-refractivity contribution in [3.05, 3.63) is 54.4 Å². The fourth-order valence-corrected chi connectivity index (χ4v) is 6.95. The lowest BCUT2D eigenvalue weighted by Gasteiger charge is -2.57. The number of pyridine rings is 1. The molecule has 2 aromatic heterocycles. The second kappa shape index (κ2) is 7.25. The summed E-state index contributed by atoms with van der Waals surface area (Å²) in [5.74, 6) is 0.590. The van der Waals surface area contributed by atoms with E-state index in [-0.39, 0.29) is 18.6 Å². The highest BCUT2D eigenvalue weighted by molar-refractivity contribution is 6.06. The van der Waals surface area contributed by atoms with Gasteiger partial charge in [-0.05, 0) is 80.4 Å². The Morgan fingerprint density at radius 2 is 1.70 bits per heavy atom. The molecule has 2 heterocycles. The summed E-state index contributed by atoms with van der Waals surface area (Å²) in [6.45, 7) is 0. The van der Waals surface area contributed by atoms with Crippen molar-refractivity contribution in [1.29, 1.82) is 0 Å². The zero-order valence-electron chi connectivity index (χ0n) is 17.0. The van der Waals surface area contributed by atoms with Gasteiger partial charge in [-0.15, -0.1) is 0 Å². The lowest BCUT2D eigenvalue weighted by molar-refractivity contribution is -0.167. The first-order chi connectivity index (χ1) is 14.5. The van der Waals surface area contributed by atoms with E-state index in [2.05, 4.69) is 15.0 Å². The second-order valence-electron chi connectivity index (χ2n) is 9.83. The Morgan fingerprint density at radius 3 is 2.23 bits per heavy atom. The van der Waals surface area contributed by atoms with Crippen molar-refractivity contribution in [2.24, 2.45) is 28.6 Å². The number of aromatic nitrogens is 3. The Balaban J connectivity index is 1.57. The molecule has 30 heavy (non-hydrogen) atoms. The Labute approximate surface area is 176 Å². The summed E-state index contributed by atoms with van der Waals surface area (Å²) in [5.41, 5.74) is -0.674. The summed E-state index contributed by atoms with van der Waals surface area (Å²) in [4.78, 5) is 39.6. The number of carboxylic acid groups (broad SMARTS) is 1. The van der Waals surface area contributed by atoms with Crippen molar-refractivity contribution >= 4 is 11.8 Å². The highest BCUT2D eigenvalue weighted by atomic mass is 16.4. The zero-order chi connectivity index (χ0) is 20.8. The Kier molecular flexibility index (Phi) is 4.68. The van der Waals surface area contributed by atoms with E-state index in [1.54, 1.807) is 30.7 Å². The van der Waals surface area contributed by atoms with Crippen molar-refractivity contribution < 1.29 is 14.7 Å². The summed E-state index contributed by atoms with van der Waals surface area (Å²) in [5, 5.41) is 10.5. The minimum atomic E-state index is -1.54. The van der Waals surface area contributed by atoms with Crippen LogP contribution in [0.2, 0.25) is 0 Å². The first-order valence-electron chi connectivity index (χ1n) is 10.9. The van der Waals surface area contributed by atoms with Gasteiger partial charge in [0.15, 0.2) is 5.78 Å². The van der Waals surface area contributed by atoms with Crippen LogP contribution in [0, 0.1) is 28.6 Å². The molecular formula is C24H27N3O3. The highest BCUT2D eigenvalue weighted by Gasteiger charge is 2.61. The van der Waals surface area contributed by atoms with Gasteiger partial charge in [0.1, 0.15) is 11.7 Å². The molecule has 0 saturated heterocycles. The van der Waals surface area contributed by atoms with E-state index in [0.29, 0.717) is 23.4 Å². The topological polar surface area (TPSA) is 93.0 Å². The molecular weight excluding hydrogens is 378 g/mol. The summed E-state index contributed by atoms with van der Waals surface area (Å²) in [6.07, 6.45) is 12.8. The monoisotopic (exact) mass is 405 g/mol. The SMILES string of the molecule is O=C(O)C(Cc1cccnc1)(Cc1ccncn1)C(=O)C12CC3CC(CC(C3)C1)C2. The molecule has 4 bridgehead atoms. The third-order valence-electron chi connectivity index (χ3n) is 7.72. The molecule has 6 rings (SSSR count). The summed E-state index contributed by atoms with van der Waals surface area (Å²) in [7, 11) is 0. The lowest BCUT2D eigenvalue weighted by Crippen LogP contribution is -2.57. The lowest BCUT2D eigenvalue weighted by atomic mass is 9.46. The van der Waals surface area contributed by atoms with E-state index < -0.39 is 16.8 Å². The minimum Gasteiger partial charge on any atom is -0.480 e. The molecule has 0 radical (unpaired) electrons. The average Bonchev–Trinajstić information content (AvgIpc) is 2.73. The van der Waals surface area contributed by atoms with E-state index in [9.17, 15) is 14.7 Å². The van der Waals surface area contributed by atoms with Gasteiger partial charge in [-0.2, -0.15) is 0 Å². The van der Waals surface area contributed by atoms with Gasteiger partial charge in [-0.1, -0.05) is 6.07 Å². The molecule has 4 aliphatic carbocycles. The molecule has 0 aromatic carbocycles. The van der Waals surface area contributed by atoms with Crippen LogP contribution < -0.4 is 0 Å². The van der Waals surface area contributed by atoms with Gasteiger partial charge in [0, 0.05) is 36.1 Å². The van der Waals surface area contributed by atoms with Gasteiger partial charge in [-0.25, -0.2) is 9.97 Å². The van der Waals surface area contributed by atoms with Crippen LogP contribution in [0.1, 0.15) is 49.8 Å². The largest absolute Gasteiger partial charge is 0.480 e. The highest BCUT2D eigenvalue weighted by Crippen LogP contribution is 2.62. The summed E-state index contributed by atoms with van der Waals surface area (Å²) < 4.78 is 0. The number of carbonyl (C=O) groups is 2. The van der Waals surface area contributed by atoms with E-state index >= 15 is 0 Å². The van der Waals surface area contributed by atoms with Crippen molar-refractivity contribution in [3.63, 3.8) is 0 Å². The number of hydrogen-bond acceptors (Lipinski definition) is 5. The molecule has 4 aliphatic rings. The van der Waals surface area contributed by atoms with Crippen LogP contribution in [0.4, 0.5) is 0 Å². The summed E-state index contributed by atoms with van der Waals surface area (Å²) >= 11 is 0. The third-order valence-corrected chi connectivity index (χ3v) is 7.72. The number of aliphatic carboxylic acids is 1. The second-order valence-corrected chi connectivity index (χ2v) is 9.83. The maximum absolute atomic E-state index is 14.3. The average molecular weight is 405 g/mol. The number of hydrogen-bond donors (Lipinski definition) is 1. The van der Waals surface area contributed by atoms with Crippen LogP contribution in [0.3, 0.4) is 0 Å². The van der Waals surface area contributed by atoms with E-state index in [0.717, 1.165) is 24.8 Å². The molecule has 6 nitrogen and oxygen atoms in total. The van der Waals surface area contributed by atoms with Crippen LogP contribution in [0.5, 0.6) is 0 Å². The molecule has 0 spiro atoms. The molecule has 1 unspecified atom stereocenters. The number of carbonyl (C=O) groups excluding carboxylic acids is 1. The fourth-order valence-electron chi connectivity index (χ4n) is 6.95. The van der Waals surface area contributed by atoms with E-state index in [1.807, 2.05) is 6.07 Å². The quantitative estimate of drug-likeness (QED) is 0.709. The number of Topliss-reactive ketones (excluding diaryl/α,β-unsaturated/α-hetero) is 1. The standard InChI is InChI=1S/C24H27N3O3/c28-21(23-9-17-6-18(10-23)8-19(7-17)11-23)24(22(29)30,12-16-2-1-4-25-14-16)13-20-3-5-26-15-27-20/h1-5,14-15,17-19H,6-13H2,(H,29,30). The predicted octanol–water partition coefficient (Wildman–Crippen LogP) is 3.51.